The van der Waals surface area contributed by atoms with Gasteiger partial charge in [0.05, 0.1) is 4.90 Å². The predicted molar refractivity (Wildman–Crippen MR) is 144 cm³/mol. The lowest BCUT2D eigenvalue weighted by Gasteiger charge is -2.28. The van der Waals surface area contributed by atoms with E-state index in [0.29, 0.717) is 34.0 Å². The molecule has 0 amide bonds. The summed E-state index contributed by atoms with van der Waals surface area (Å²) >= 11 is 6.45. The monoisotopic (exact) mass is 532 g/mol. The molecule has 36 heavy (non-hydrogen) atoms. The molecule has 0 atom stereocenters. The average molecular weight is 533 g/mol. The number of aromatic nitrogens is 3. The van der Waals surface area contributed by atoms with E-state index in [1.54, 1.807) is 39.2 Å². The Morgan fingerprint density at radius 3 is 2.53 bits per heavy atom. The van der Waals surface area contributed by atoms with E-state index >= 15 is 0 Å². The Morgan fingerprint density at radius 2 is 1.86 bits per heavy atom. The molecule has 194 valence electrons. The van der Waals surface area contributed by atoms with Gasteiger partial charge in [-0.2, -0.15) is 4.98 Å². The lowest BCUT2D eigenvalue weighted by atomic mass is 9.94. The van der Waals surface area contributed by atoms with Crippen LogP contribution in [0.5, 0.6) is 0 Å². The van der Waals surface area contributed by atoms with Crippen molar-refractivity contribution in [3.8, 4) is 11.1 Å². The van der Waals surface area contributed by atoms with Gasteiger partial charge in [-0.05, 0) is 77.4 Å². The molecular weight excluding hydrogens is 500 g/mol. The maximum absolute atomic E-state index is 13.2. The van der Waals surface area contributed by atoms with Crippen LogP contribution in [-0.2, 0) is 17.1 Å². The maximum atomic E-state index is 13.2. The van der Waals surface area contributed by atoms with Crippen molar-refractivity contribution in [3.63, 3.8) is 0 Å². The first-order valence-corrected chi connectivity index (χ1v) is 14.0. The van der Waals surface area contributed by atoms with Crippen LogP contribution in [0.4, 0.5) is 5.95 Å². The van der Waals surface area contributed by atoms with E-state index in [0.717, 1.165) is 26.1 Å². The summed E-state index contributed by atoms with van der Waals surface area (Å²) in [6.45, 7) is 6.54. The van der Waals surface area contributed by atoms with E-state index in [9.17, 15) is 13.2 Å². The van der Waals surface area contributed by atoms with Crippen molar-refractivity contribution < 1.29 is 8.42 Å². The lowest BCUT2D eigenvalue weighted by Crippen LogP contribution is -2.31. The Balaban J connectivity index is 1.56. The van der Waals surface area contributed by atoms with Crippen molar-refractivity contribution in [1.82, 2.24) is 24.2 Å². The molecule has 3 aromatic rings. The molecule has 1 aromatic carbocycles. The molecule has 0 spiro atoms. The van der Waals surface area contributed by atoms with Gasteiger partial charge in [0.15, 0.2) is 0 Å². The Hall–Kier alpha value is -2.53. The smallest absolute Gasteiger partial charge is 0.259 e. The zero-order valence-electron chi connectivity index (χ0n) is 21.1. The standard InChI is InChI=1S/C25H33ClN6O3S/c1-16(2)30-36(34,35)19-5-6-20(22(26)14-19)21-13-18-15-28-25(29-23(18)32(4)24(21)33)27-10-7-17-8-11-31(3)12-9-17/h5-6,13-17,30H,7-12H2,1-4H3,(H,27,28,29). The number of halogens is 1. The molecule has 11 heteroatoms. The van der Waals surface area contributed by atoms with Gasteiger partial charge < -0.3 is 10.2 Å². The molecule has 1 aliphatic heterocycles. The Kier molecular flexibility index (Phi) is 7.99. The van der Waals surface area contributed by atoms with Crippen LogP contribution in [0.25, 0.3) is 22.2 Å². The van der Waals surface area contributed by atoms with Crippen LogP contribution in [0.3, 0.4) is 0 Å². The fourth-order valence-electron chi connectivity index (χ4n) is 4.52. The molecule has 0 radical (unpaired) electrons. The van der Waals surface area contributed by atoms with E-state index in [4.69, 9.17) is 11.6 Å². The number of hydrogen-bond acceptors (Lipinski definition) is 7. The maximum Gasteiger partial charge on any atom is 0.259 e. The predicted octanol–water partition coefficient (Wildman–Crippen LogP) is 3.48. The highest BCUT2D eigenvalue weighted by Gasteiger charge is 2.20. The number of nitrogens with one attached hydrogen (secondary N) is 2. The first-order chi connectivity index (χ1) is 17.0. The number of aryl methyl sites for hydroxylation is 1. The molecule has 0 bridgehead atoms. The fourth-order valence-corrected chi connectivity index (χ4v) is 6.15. The highest BCUT2D eigenvalue weighted by atomic mass is 35.5. The van der Waals surface area contributed by atoms with Gasteiger partial charge in [0.2, 0.25) is 16.0 Å². The van der Waals surface area contributed by atoms with Gasteiger partial charge in [-0.1, -0.05) is 17.7 Å². The van der Waals surface area contributed by atoms with E-state index in [-0.39, 0.29) is 21.5 Å². The number of anilines is 1. The van der Waals surface area contributed by atoms with Crippen LogP contribution < -0.4 is 15.6 Å². The topological polar surface area (TPSA) is 109 Å². The highest BCUT2D eigenvalue weighted by molar-refractivity contribution is 7.89. The van der Waals surface area contributed by atoms with Crippen LogP contribution in [0.2, 0.25) is 5.02 Å². The Labute approximate surface area is 216 Å². The van der Waals surface area contributed by atoms with E-state index in [2.05, 4.69) is 32.0 Å². The number of sulfonamides is 1. The van der Waals surface area contributed by atoms with Crippen LogP contribution in [0.15, 0.2) is 40.2 Å². The number of fused-ring (bicyclic) bond motifs is 1. The minimum atomic E-state index is -3.70. The van der Waals surface area contributed by atoms with Crippen molar-refractivity contribution in [3.05, 3.63) is 45.8 Å². The average Bonchev–Trinajstić information content (AvgIpc) is 2.82. The van der Waals surface area contributed by atoms with Gasteiger partial charge in [-0.3, -0.25) is 9.36 Å². The van der Waals surface area contributed by atoms with Crippen molar-refractivity contribution in [2.75, 3.05) is 32.0 Å². The zero-order valence-corrected chi connectivity index (χ0v) is 22.7. The van der Waals surface area contributed by atoms with Crippen LogP contribution in [0, 0.1) is 5.92 Å². The second-order valence-corrected chi connectivity index (χ2v) is 11.9. The molecule has 3 heterocycles. The molecule has 1 saturated heterocycles. The molecule has 0 saturated carbocycles. The summed E-state index contributed by atoms with van der Waals surface area (Å²) in [4.78, 5) is 24.6. The quantitative estimate of drug-likeness (QED) is 0.457. The number of nitrogens with zero attached hydrogens (tertiary/aromatic N) is 4. The number of piperidine rings is 1. The first-order valence-electron chi connectivity index (χ1n) is 12.2. The number of likely N-dealkylation sites (tertiary alicyclic amines) is 1. The Bertz CT molecular complexity index is 1420. The van der Waals surface area contributed by atoms with Gasteiger partial charge in [-0.25, -0.2) is 18.1 Å². The summed E-state index contributed by atoms with van der Waals surface area (Å²) in [6.07, 6.45) is 5.15. The van der Waals surface area contributed by atoms with Crippen LogP contribution >= 0.6 is 11.6 Å². The molecule has 1 fully saturated rings. The largest absolute Gasteiger partial charge is 0.354 e. The summed E-state index contributed by atoms with van der Waals surface area (Å²) in [5.41, 5.74) is 1.03. The van der Waals surface area contributed by atoms with E-state index in [1.807, 2.05) is 0 Å². The summed E-state index contributed by atoms with van der Waals surface area (Å²) in [5.74, 6) is 1.19. The minimum Gasteiger partial charge on any atom is -0.354 e. The third-order valence-corrected chi connectivity index (χ3v) is 8.52. The highest BCUT2D eigenvalue weighted by Crippen LogP contribution is 2.30. The van der Waals surface area contributed by atoms with Crippen molar-refractivity contribution in [2.45, 2.75) is 44.0 Å². The van der Waals surface area contributed by atoms with Gasteiger partial charge in [-0.15, -0.1) is 0 Å². The molecule has 0 aliphatic carbocycles. The second-order valence-electron chi connectivity index (χ2n) is 9.77. The van der Waals surface area contributed by atoms with Gasteiger partial charge >= 0.3 is 0 Å². The second kappa shape index (κ2) is 10.8. The van der Waals surface area contributed by atoms with Crippen molar-refractivity contribution in [2.24, 2.45) is 13.0 Å². The van der Waals surface area contributed by atoms with Crippen molar-refractivity contribution in [1.29, 1.82) is 0 Å². The van der Waals surface area contributed by atoms with Gasteiger partial charge in [0.1, 0.15) is 5.65 Å². The van der Waals surface area contributed by atoms with E-state index < -0.39 is 10.0 Å². The molecular formula is C25H33ClN6O3S. The summed E-state index contributed by atoms with van der Waals surface area (Å²) < 4.78 is 29.0. The van der Waals surface area contributed by atoms with E-state index in [1.165, 1.54) is 29.5 Å². The van der Waals surface area contributed by atoms with Crippen LogP contribution in [0.1, 0.15) is 33.1 Å². The third-order valence-electron chi connectivity index (χ3n) is 6.55. The number of pyridine rings is 1. The molecule has 2 N–H and O–H groups in total. The number of rotatable bonds is 8. The molecule has 2 aromatic heterocycles. The SMILES string of the molecule is CC(C)NS(=O)(=O)c1ccc(-c2cc3cnc(NCCC4CCN(C)CC4)nc3n(C)c2=O)c(Cl)c1. The summed E-state index contributed by atoms with van der Waals surface area (Å²) in [6, 6.07) is 5.80. The molecule has 0 unspecified atom stereocenters. The summed E-state index contributed by atoms with van der Waals surface area (Å²) in [5, 5.41) is 4.15. The fraction of sp³-hybridized carbons (Fsp3) is 0.480. The zero-order chi connectivity index (χ0) is 26.0. The first kappa shape index (κ1) is 26.5. The van der Waals surface area contributed by atoms with Crippen LogP contribution in [-0.4, -0.2) is 60.6 Å². The Morgan fingerprint density at radius 1 is 1.14 bits per heavy atom. The van der Waals surface area contributed by atoms with Crippen molar-refractivity contribution >= 4 is 38.6 Å². The lowest BCUT2D eigenvalue weighted by molar-refractivity contribution is 0.215. The molecule has 9 nitrogen and oxygen atoms in total. The molecule has 1 aliphatic rings. The normalized spacial score (nSPS) is 15.6. The summed E-state index contributed by atoms with van der Waals surface area (Å²) in [7, 11) is 0.111. The van der Waals surface area contributed by atoms with Gasteiger partial charge in [0, 0.05) is 47.4 Å². The third kappa shape index (κ3) is 5.88. The molecule has 4 rings (SSSR count). The number of hydrogen-bond donors (Lipinski definition) is 2. The van der Waals surface area contributed by atoms with Gasteiger partial charge in [0.25, 0.3) is 5.56 Å². The minimum absolute atomic E-state index is 0.0434. The number of benzene rings is 1.